The number of likely N-dealkylation sites (tertiary alicyclic amines) is 1. The second-order valence-corrected chi connectivity index (χ2v) is 4.00. The minimum absolute atomic E-state index is 0.310. The lowest BCUT2D eigenvalue weighted by molar-refractivity contribution is -0.131. The van der Waals surface area contributed by atoms with Gasteiger partial charge in [-0.1, -0.05) is 20.8 Å². The van der Waals surface area contributed by atoms with Gasteiger partial charge >= 0.3 is 0 Å². The Morgan fingerprint density at radius 3 is 2.47 bits per heavy atom. The second kappa shape index (κ2) is 7.69. The van der Waals surface area contributed by atoms with E-state index in [1.807, 2.05) is 25.7 Å². The molecule has 1 amide bonds. The number of carbonyl (C=O) groups excluding carboxylic acids is 1. The van der Waals surface area contributed by atoms with E-state index in [0.717, 1.165) is 13.1 Å². The van der Waals surface area contributed by atoms with Crippen molar-refractivity contribution in [3.8, 4) is 0 Å². The van der Waals surface area contributed by atoms with Crippen molar-refractivity contribution in [2.24, 2.45) is 0 Å². The molecule has 1 unspecified atom stereocenters. The molecule has 1 aliphatic heterocycles. The van der Waals surface area contributed by atoms with Gasteiger partial charge < -0.3 is 9.80 Å². The molecule has 3 nitrogen and oxygen atoms in total. The van der Waals surface area contributed by atoms with Gasteiger partial charge in [0.2, 0.25) is 5.91 Å². The number of carbonyl (C=O) groups is 1. The maximum absolute atomic E-state index is 11.5. The third-order valence-corrected chi connectivity index (χ3v) is 2.58. The summed E-state index contributed by atoms with van der Waals surface area (Å²) in [7, 11) is 4.12. The Labute approximate surface area is 94.4 Å². The summed E-state index contributed by atoms with van der Waals surface area (Å²) in [6, 6.07) is 0.461. The molecule has 0 spiro atoms. The summed E-state index contributed by atoms with van der Waals surface area (Å²) in [5.41, 5.74) is 0. The Kier molecular flexibility index (Phi) is 7.39. The maximum atomic E-state index is 11.5. The normalized spacial score (nSPS) is 20.1. The van der Waals surface area contributed by atoms with Crippen molar-refractivity contribution < 1.29 is 4.79 Å². The zero-order chi connectivity index (χ0) is 11.8. The monoisotopic (exact) mass is 214 g/mol. The minimum atomic E-state index is 0.310. The van der Waals surface area contributed by atoms with Gasteiger partial charge in [-0.25, -0.2) is 0 Å². The van der Waals surface area contributed by atoms with E-state index in [1.165, 1.54) is 12.8 Å². The molecule has 90 valence electrons. The molecule has 0 aliphatic carbocycles. The van der Waals surface area contributed by atoms with Crippen molar-refractivity contribution in [2.75, 3.05) is 27.2 Å². The number of amides is 1. The minimum Gasteiger partial charge on any atom is -0.338 e. The molecule has 0 aromatic carbocycles. The molecule has 0 N–H and O–H groups in total. The highest BCUT2D eigenvalue weighted by atomic mass is 16.2. The average Bonchev–Trinajstić information content (AvgIpc) is 2.67. The zero-order valence-corrected chi connectivity index (χ0v) is 10.9. The van der Waals surface area contributed by atoms with Crippen molar-refractivity contribution in [1.29, 1.82) is 0 Å². The Morgan fingerprint density at radius 1 is 1.40 bits per heavy atom. The molecule has 3 heteroatoms. The van der Waals surface area contributed by atoms with Crippen molar-refractivity contribution >= 4 is 5.91 Å². The van der Waals surface area contributed by atoms with E-state index in [1.54, 1.807) is 0 Å². The number of nitrogens with zero attached hydrogens (tertiary/aromatic N) is 2. The Hall–Kier alpha value is -0.570. The van der Waals surface area contributed by atoms with Gasteiger partial charge in [0, 0.05) is 25.6 Å². The highest BCUT2D eigenvalue weighted by molar-refractivity contribution is 5.76. The van der Waals surface area contributed by atoms with Crippen LogP contribution in [0.25, 0.3) is 0 Å². The molecule has 1 aliphatic rings. The summed E-state index contributed by atoms with van der Waals surface area (Å²) < 4.78 is 0. The van der Waals surface area contributed by atoms with E-state index in [0.29, 0.717) is 18.4 Å². The summed E-state index contributed by atoms with van der Waals surface area (Å²) in [6.07, 6.45) is 2.98. The van der Waals surface area contributed by atoms with E-state index in [4.69, 9.17) is 0 Å². The molecule has 1 saturated heterocycles. The third-order valence-electron chi connectivity index (χ3n) is 2.58. The lowest BCUT2D eigenvalue weighted by Gasteiger charge is -2.26. The molecular weight excluding hydrogens is 188 g/mol. The van der Waals surface area contributed by atoms with E-state index >= 15 is 0 Å². The fourth-order valence-corrected chi connectivity index (χ4v) is 1.98. The van der Waals surface area contributed by atoms with E-state index in [-0.39, 0.29) is 0 Å². The Morgan fingerprint density at radius 2 is 2.00 bits per heavy atom. The summed E-state index contributed by atoms with van der Waals surface area (Å²) in [4.78, 5) is 15.7. The lowest BCUT2D eigenvalue weighted by atomic mass is 10.2. The van der Waals surface area contributed by atoms with Crippen molar-refractivity contribution in [1.82, 2.24) is 9.80 Å². The van der Waals surface area contributed by atoms with Crippen LogP contribution in [0.1, 0.15) is 40.0 Å². The Balaban J connectivity index is 0.000000921. The fraction of sp³-hybridized carbons (Fsp3) is 0.917. The van der Waals surface area contributed by atoms with Gasteiger partial charge in [-0.3, -0.25) is 4.79 Å². The molecule has 0 saturated carbocycles. The van der Waals surface area contributed by atoms with Gasteiger partial charge in [0.05, 0.1) is 0 Å². The smallest absolute Gasteiger partial charge is 0.222 e. The summed E-state index contributed by atoms with van der Waals surface area (Å²) in [5, 5.41) is 0. The van der Waals surface area contributed by atoms with Crippen molar-refractivity contribution in [3.05, 3.63) is 0 Å². The first-order chi connectivity index (χ1) is 7.15. The van der Waals surface area contributed by atoms with E-state index in [2.05, 4.69) is 19.0 Å². The standard InChI is InChI=1S/C10H20N2O.C2H6/c1-4-10(13)12-7-5-6-9(12)8-11(2)3;1-2/h9H,4-8H2,1-3H3;1-2H3. The largest absolute Gasteiger partial charge is 0.338 e. The predicted octanol–water partition coefficient (Wildman–Crippen LogP) is 1.98. The van der Waals surface area contributed by atoms with Crippen molar-refractivity contribution in [3.63, 3.8) is 0 Å². The predicted molar refractivity (Wildman–Crippen MR) is 64.9 cm³/mol. The molecule has 1 atom stereocenters. The Bertz CT molecular complexity index is 180. The average molecular weight is 214 g/mol. The van der Waals surface area contributed by atoms with Gasteiger partial charge in [-0.15, -0.1) is 0 Å². The van der Waals surface area contributed by atoms with Crippen LogP contribution in [-0.4, -0.2) is 48.9 Å². The molecule has 0 aromatic rings. The van der Waals surface area contributed by atoms with Crippen LogP contribution in [0, 0.1) is 0 Å². The highest BCUT2D eigenvalue weighted by Gasteiger charge is 2.27. The number of likely N-dealkylation sites (N-methyl/N-ethyl adjacent to an activating group) is 1. The topological polar surface area (TPSA) is 23.6 Å². The molecule has 15 heavy (non-hydrogen) atoms. The quantitative estimate of drug-likeness (QED) is 0.717. The van der Waals surface area contributed by atoms with E-state index in [9.17, 15) is 4.79 Å². The van der Waals surface area contributed by atoms with Crippen LogP contribution < -0.4 is 0 Å². The first kappa shape index (κ1) is 14.4. The van der Waals surface area contributed by atoms with Crippen LogP contribution in [0.2, 0.25) is 0 Å². The van der Waals surface area contributed by atoms with Gasteiger partial charge in [-0.05, 0) is 26.9 Å². The van der Waals surface area contributed by atoms with Crippen LogP contribution in [-0.2, 0) is 4.79 Å². The number of hydrogen-bond donors (Lipinski definition) is 0. The molecule has 0 bridgehead atoms. The summed E-state index contributed by atoms with van der Waals surface area (Å²) in [5.74, 6) is 0.310. The number of hydrogen-bond acceptors (Lipinski definition) is 2. The van der Waals surface area contributed by atoms with Crippen LogP contribution >= 0.6 is 0 Å². The summed E-state index contributed by atoms with van der Waals surface area (Å²) in [6.45, 7) is 7.91. The maximum Gasteiger partial charge on any atom is 0.222 e. The van der Waals surface area contributed by atoms with Gasteiger partial charge in [0.25, 0.3) is 0 Å². The van der Waals surface area contributed by atoms with Gasteiger partial charge in [0.15, 0.2) is 0 Å². The van der Waals surface area contributed by atoms with E-state index < -0.39 is 0 Å². The first-order valence-corrected chi connectivity index (χ1v) is 6.09. The third kappa shape index (κ3) is 4.65. The number of rotatable bonds is 3. The zero-order valence-electron chi connectivity index (χ0n) is 10.9. The molecule has 0 radical (unpaired) electrons. The molecule has 1 fully saturated rings. The lowest BCUT2D eigenvalue weighted by Crippen LogP contribution is -2.40. The van der Waals surface area contributed by atoms with Crippen molar-refractivity contribution in [2.45, 2.75) is 46.1 Å². The van der Waals surface area contributed by atoms with Gasteiger partial charge in [0.1, 0.15) is 0 Å². The molecular formula is C12H26N2O. The molecule has 0 aromatic heterocycles. The van der Waals surface area contributed by atoms with Crippen LogP contribution in [0.4, 0.5) is 0 Å². The molecule has 1 rings (SSSR count). The van der Waals surface area contributed by atoms with Gasteiger partial charge in [-0.2, -0.15) is 0 Å². The van der Waals surface area contributed by atoms with Crippen LogP contribution in [0.3, 0.4) is 0 Å². The summed E-state index contributed by atoms with van der Waals surface area (Å²) >= 11 is 0. The van der Waals surface area contributed by atoms with Crippen LogP contribution in [0.15, 0.2) is 0 Å². The highest BCUT2D eigenvalue weighted by Crippen LogP contribution is 2.18. The second-order valence-electron chi connectivity index (χ2n) is 4.00. The molecule has 1 heterocycles. The van der Waals surface area contributed by atoms with Crippen LogP contribution in [0.5, 0.6) is 0 Å². The fourth-order valence-electron chi connectivity index (χ4n) is 1.98. The SMILES string of the molecule is CC.CCC(=O)N1CCCC1CN(C)C. The first-order valence-electron chi connectivity index (χ1n) is 6.09.